The minimum absolute atomic E-state index is 0.807. The molecule has 0 bridgehead atoms. The highest BCUT2D eigenvalue weighted by atomic mass is 14.8. The molecule has 0 aromatic rings. The summed E-state index contributed by atoms with van der Waals surface area (Å²) in [5, 5.41) is 3.45. The van der Waals surface area contributed by atoms with Crippen LogP contribution in [0, 0.1) is 5.92 Å². The van der Waals surface area contributed by atoms with Crippen LogP contribution < -0.4 is 11.1 Å². The van der Waals surface area contributed by atoms with Gasteiger partial charge in [0.1, 0.15) is 0 Å². The van der Waals surface area contributed by atoms with Gasteiger partial charge < -0.3 is 11.1 Å². The van der Waals surface area contributed by atoms with Crippen LogP contribution in [-0.4, -0.2) is 19.6 Å². The molecule has 0 heterocycles. The summed E-state index contributed by atoms with van der Waals surface area (Å²) in [4.78, 5) is 0. The quantitative estimate of drug-likeness (QED) is 0.503. The summed E-state index contributed by atoms with van der Waals surface area (Å²) in [5.74, 6) is 0.961. The van der Waals surface area contributed by atoms with E-state index in [-0.39, 0.29) is 0 Å². The standard InChI is InChI=1S/C14H32N2/c1-3-5-6-9-14(4-2)10-7-12-16-13-8-11-15/h14,16H,3-13,15H2,1-2H3. The van der Waals surface area contributed by atoms with Gasteiger partial charge in [0.15, 0.2) is 0 Å². The lowest BCUT2D eigenvalue weighted by molar-refractivity contribution is 0.400. The normalized spacial score (nSPS) is 12.9. The smallest absolute Gasteiger partial charge is 0.00369 e. The number of nitrogens with two attached hydrogens (primary N) is 1. The monoisotopic (exact) mass is 228 g/mol. The zero-order chi connectivity index (χ0) is 12.1. The second-order valence-electron chi connectivity index (χ2n) is 4.80. The van der Waals surface area contributed by atoms with Crippen LogP contribution >= 0.6 is 0 Å². The number of unbranched alkanes of at least 4 members (excludes halogenated alkanes) is 2. The average molecular weight is 228 g/mol. The molecule has 0 rings (SSSR count). The van der Waals surface area contributed by atoms with Gasteiger partial charge in [0.2, 0.25) is 0 Å². The van der Waals surface area contributed by atoms with Crippen molar-refractivity contribution in [3.63, 3.8) is 0 Å². The molecule has 3 N–H and O–H groups in total. The number of nitrogens with one attached hydrogen (secondary N) is 1. The molecule has 0 aliphatic heterocycles. The van der Waals surface area contributed by atoms with Crippen molar-refractivity contribution in [1.29, 1.82) is 0 Å². The molecule has 2 nitrogen and oxygen atoms in total. The van der Waals surface area contributed by atoms with Gasteiger partial charge in [-0.2, -0.15) is 0 Å². The first-order chi connectivity index (χ1) is 7.85. The Balaban J connectivity index is 3.26. The Labute approximate surface area is 102 Å². The molecule has 0 aromatic carbocycles. The topological polar surface area (TPSA) is 38.0 Å². The Morgan fingerprint density at radius 2 is 1.62 bits per heavy atom. The molecule has 0 saturated heterocycles. The van der Waals surface area contributed by atoms with Gasteiger partial charge in [0, 0.05) is 0 Å². The predicted molar refractivity (Wildman–Crippen MR) is 73.7 cm³/mol. The molecule has 0 amide bonds. The van der Waals surface area contributed by atoms with Gasteiger partial charge in [-0.05, 0) is 44.8 Å². The molecule has 1 atom stereocenters. The van der Waals surface area contributed by atoms with E-state index in [1.165, 1.54) is 51.5 Å². The van der Waals surface area contributed by atoms with E-state index in [0.29, 0.717) is 0 Å². The maximum absolute atomic E-state index is 5.44. The van der Waals surface area contributed by atoms with Gasteiger partial charge in [-0.1, -0.05) is 46.0 Å². The van der Waals surface area contributed by atoms with E-state index in [0.717, 1.165) is 25.4 Å². The van der Waals surface area contributed by atoms with Crippen molar-refractivity contribution in [2.75, 3.05) is 19.6 Å². The summed E-state index contributed by atoms with van der Waals surface area (Å²) in [6.45, 7) is 7.68. The third kappa shape index (κ3) is 10.4. The van der Waals surface area contributed by atoms with Crippen molar-refractivity contribution in [3.05, 3.63) is 0 Å². The molecular formula is C14H32N2. The molecule has 1 unspecified atom stereocenters. The molecule has 0 aromatic heterocycles. The molecule has 0 aliphatic rings. The van der Waals surface area contributed by atoms with Crippen molar-refractivity contribution >= 4 is 0 Å². The maximum atomic E-state index is 5.44. The first-order valence-corrected chi connectivity index (χ1v) is 7.25. The first kappa shape index (κ1) is 15.9. The Morgan fingerprint density at radius 1 is 0.938 bits per heavy atom. The zero-order valence-corrected chi connectivity index (χ0v) is 11.4. The fourth-order valence-corrected chi connectivity index (χ4v) is 2.10. The van der Waals surface area contributed by atoms with Gasteiger partial charge in [0.05, 0.1) is 0 Å². The Bertz CT molecular complexity index is 126. The van der Waals surface area contributed by atoms with Crippen LogP contribution in [0.4, 0.5) is 0 Å². The minimum atomic E-state index is 0.807. The van der Waals surface area contributed by atoms with E-state index in [2.05, 4.69) is 19.2 Å². The summed E-state index contributed by atoms with van der Waals surface area (Å²) in [6.07, 6.45) is 10.8. The van der Waals surface area contributed by atoms with E-state index in [4.69, 9.17) is 5.73 Å². The van der Waals surface area contributed by atoms with E-state index >= 15 is 0 Å². The van der Waals surface area contributed by atoms with Gasteiger partial charge >= 0.3 is 0 Å². The maximum Gasteiger partial charge on any atom is -0.00369 e. The van der Waals surface area contributed by atoms with Crippen LogP contribution in [0.2, 0.25) is 0 Å². The summed E-state index contributed by atoms with van der Waals surface area (Å²) in [7, 11) is 0. The molecule has 0 aliphatic carbocycles. The van der Waals surface area contributed by atoms with Gasteiger partial charge in [-0.25, -0.2) is 0 Å². The second-order valence-corrected chi connectivity index (χ2v) is 4.80. The lowest BCUT2D eigenvalue weighted by Gasteiger charge is -2.14. The molecule has 2 heteroatoms. The highest BCUT2D eigenvalue weighted by molar-refractivity contribution is 4.59. The summed E-state index contributed by atoms with van der Waals surface area (Å²) < 4.78 is 0. The van der Waals surface area contributed by atoms with Crippen LogP contribution in [0.5, 0.6) is 0 Å². The Kier molecular flexibility index (Phi) is 12.9. The number of hydrogen-bond acceptors (Lipinski definition) is 2. The molecular weight excluding hydrogens is 196 g/mol. The average Bonchev–Trinajstić information content (AvgIpc) is 2.31. The van der Waals surface area contributed by atoms with Crippen LogP contribution in [0.25, 0.3) is 0 Å². The highest BCUT2D eigenvalue weighted by Crippen LogP contribution is 2.18. The van der Waals surface area contributed by atoms with Crippen molar-refractivity contribution in [2.24, 2.45) is 11.7 Å². The number of rotatable bonds is 12. The summed E-state index contributed by atoms with van der Waals surface area (Å²) in [5.41, 5.74) is 5.44. The third-order valence-electron chi connectivity index (χ3n) is 3.32. The van der Waals surface area contributed by atoms with Crippen LogP contribution in [0.3, 0.4) is 0 Å². The Morgan fingerprint density at radius 3 is 2.25 bits per heavy atom. The van der Waals surface area contributed by atoms with Crippen LogP contribution in [0.15, 0.2) is 0 Å². The van der Waals surface area contributed by atoms with E-state index in [1.807, 2.05) is 0 Å². The molecule has 0 spiro atoms. The van der Waals surface area contributed by atoms with Crippen molar-refractivity contribution < 1.29 is 0 Å². The third-order valence-corrected chi connectivity index (χ3v) is 3.32. The SMILES string of the molecule is CCCCCC(CC)CCCNCCCN. The van der Waals surface area contributed by atoms with Crippen LogP contribution in [0.1, 0.15) is 65.2 Å². The fraction of sp³-hybridized carbons (Fsp3) is 1.00. The lowest BCUT2D eigenvalue weighted by atomic mass is 9.94. The van der Waals surface area contributed by atoms with E-state index < -0.39 is 0 Å². The van der Waals surface area contributed by atoms with Gasteiger partial charge in [0.25, 0.3) is 0 Å². The summed E-state index contributed by atoms with van der Waals surface area (Å²) in [6, 6.07) is 0. The van der Waals surface area contributed by atoms with E-state index in [1.54, 1.807) is 0 Å². The summed E-state index contributed by atoms with van der Waals surface area (Å²) >= 11 is 0. The zero-order valence-electron chi connectivity index (χ0n) is 11.4. The molecule has 98 valence electrons. The molecule has 0 radical (unpaired) electrons. The lowest BCUT2D eigenvalue weighted by Crippen LogP contribution is -2.19. The molecule has 0 fully saturated rings. The largest absolute Gasteiger partial charge is 0.330 e. The van der Waals surface area contributed by atoms with Gasteiger partial charge in [-0.3, -0.25) is 0 Å². The van der Waals surface area contributed by atoms with Gasteiger partial charge in [-0.15, -0.1) is 0 Å². The predicted octanol–water partition coefficient (Wildman–Crippen LogP) is 3.31. The molecule has 0 saturated carbocycles. The van der Waals surface area contributed by atoms with E-state index in [9.17, 15) is 0 Å². The number of hydrogen-bond donors (Lipinski definition) is 2. The highest BCUT2D eigenvalue weighted by Gasteiger charge is 2.05. The van der Waals surface area contributed by atoms with Crippen molar-refractivity contribution in [3.8, 4) is 0 Å². The molecule has 16 heavy (non-hydrogen) atoms. The Hall–Kier alpha value is -0.0800. The first-order valence-electron chi connectivity index (χ1n) is 7.25. The second kappa shape index (κ2) is 13.0. The minimum Gasteiger partial charge on any atom is -0.330 e. The van der Waals surface area contributed by atoms with Crippen molar-refractivity contribution in [1.82, 2.24) is 5.32 Å². The fourth-order valence-electron chi connectivity index (χ4n) is 2.10. The van der Waals surface area contributed by atoms with Crippen LogP contribution in [-0.2, 0) is 0 Å². The van der Waals surface area contributed by atoms with Crippen molar-refractivity contribution in [2.45, 2.75) is 65.2 Å².